The van der Waals surface area contributed by atoms with Crippen molar-refractivity contribution in [2.24, 2.45) is 0 Å². The van der Waals surface area contributed by atoms with E-state index in [1.807, 2.05) is 0 Å². The van der Waals surface area contributed by atoms with Gasteiger partial charge in [-0.15, -0.1) is 0 Å². The van der Waals surface area contributed by atoms with Gasteiger partial charge in [-0.1, -0.05) is 0 Å². The Bertz CT molecular complexity index is 1410. The van der Waals surface area contributed by atoms with E-state index < -0.39 is 23.9 Å². The Hall–Kier alpha value is -4.30. The molecule has 0 atom stereocenters. The van der Waals surface area contributed by atoms with Crippen molar-refractivity contribution in [1.29, 1.82) is 0 Å². The second-order valence-corrected chi connectivity index (χ2v) is 10.5. The van der Waals surface area contributed by atoms with Crippen LogP contribution in [0.1, 0.15) is 33.4 Å². The van der Waals surface area contributed by atoms with Crippen molar-refractivity contribution in [3.05, 3.63) is 98.1 Å². The first-order chi connectivity index (χ1) is 20.7. The molecule has 0 N–H and O–H groups in total. The van der Waals surface area contributed by atoms with Crippen LogP contribution in [0.5, 0.6) is 0 Å². The van der Waals surface area contributed by atoms with Crippen molar-refractivity contribution in [1.82, 2.24) is 9.13 Å². The van der Waals surface area contributed by atoms with Crippen LogP contribution in [-0.2, 0) is 57.5 Å². The number of hydrogen-bond acceptors (Lipinski definition) is 8. The Kier molecular flexibility index (Phi) is 15.8. The van der Waals surface area contributed by atoms with Crippen LogP contribution in [0.3, 0.4) is 0 Å². The van der Waals surface area contributed by atoms with Crippen molar-refractivity contribution in [3.8, 4) is 11.4 Å². The molecule has 0 spiro atoms. The van der Waals surface area contributed by atoms with Crippen molar-refractivity contribution < 1.29 is 57.5 Å². The van der Waals surface area contributed by atoms with Gasteiger partial charge in [0.15, 0.2) is 0 Å². The van der Waals surface area contributed by atoms with E-state index >= 15 is 0 Å². The third-order valence-corrected chi connectivity index (χ3v) is 7.10. The molecule has 0 unspecified atom stereocenters. The summed E-state index contributed by atoms with van der Waals surface area (Å²) in [6, 6.07) is 9.02. The molecule has 2 aromatic carbocycles. The van der Waals surface area contributed by atoms with E-state index in [4.69, 9.17) is 0 Å². The third kappa shape index (κ3) is 11.4. The van der Waals surface area contributed by atoms with Crippen LogP contribution in [0.2, 0.25) is 0 Å². The monoisotopic (exact) mass is 787 g/mol. The van der Waals surface area contributed by atoms with Crippen molar-refractivity contribution in [3.63, 3.8) is 0 Å². The number of benzene rings is 2. The van der Waals surface area contributed by atoms with E-state index in [2.05, 4.69) is 126 Å². The number of carbonyl (C=O) groups excluding carboxylic acids is 4. The summed E-state index contributed by atoms with van der Waals surface area (Å²) >= 11 is 2.43. The van der Waals surface area contributed by atoms with Gasteiger partial charge in [0.05, 0.1) is 28.4 Å². The zero-order chi connectivity index (χ0) is 33.6. The molecule has 3 rings (SSSR count). The van der Waals surface area contributed by atoms with Crippen molar-refractivity contribution in [2.75, 3.05) is 28.4 Å². The van der Waals surface area contributed by atoms with Gasteiger partial charge in [0, 0.05) is 24.3 Å². The fourth-order valence-corrected chi connectivity index (χ4v) is 5.18. The second kappa shape index (κ2) is 18.4. The van der Waals surface area contributed by atoms with Crippen LogP contribution in [0, 0.1) is 45.3 Å². The van der Waals surface area contributed by atoms with E-state index in [9.17, 15) is 19.2 Å². The van der Waals surface area contributed by atoms with Gasteiger partial charge < -0.3 is 18.9 Å². The van der Waals surface area contributed by atoms with Crippen molar-refractivity contribution in [2.45, 2.75) is 41.5 Å². The number of nitrogens with zero attached hydrogens (tertiary/aromatic N) is 2. The van der Waals surface area contributed by atoms with Crippen LogP contribution >= 0.6 is 0 Å². The minimum atomic E-state index is -0.578. The fraction of sp³-hybridized carbons (Fsp3) is 0.303. The second-order valence-electron chi connectivity index (χ2n) is 9.53. The molecule has 1 heterocycles. The number of rotatable bonds is 6. The van der Waals surface area contributed by atoms with Gasteiger partial charge >= 0.3 is 179 Å². The number of aromatic nitrogens is 2. The standard InChI is InChI=1S/C21H24N2.2C6H8O4.Pt/c1-14-9-16(3)20(17(4)10-14)22-7-8-23(13-22)21-18(5)11-15(2)12-19(21)6;2*1-9-5(7)3-4-6(8)10-2;/h7-12H,1-6H3;2*3-4H,1-2H3;/b;2*4-3+;. The summed E-state index contributed by atoms with van der Waals surface area (Å²) in [7, 11) is 4.90. The number of ether oxygens (including phenoxy) is 4. The predicted molar refractivity (Wildman–Crippen MR) is 163 cm³/mol. The van der Waals surface area contributed by atoms with Crippen LogP contribution in [-0.4, -0.2) is 61.5 Å². The predicted octanol–water partition coefficient (Wildman–Crippen LogP) is 4.97. The van der Waals surface area contributed by atoms with Crippen LogP contribution in [0.15, 0.2) is 61.0 Å². The van der Waals surface area contributed by atoms with E-state index in [1.54, 1.807) is 0 Å². The zero-order valence-corrected chi connectivity index (χ0v) is 29.0. The first kappa shape index (κ1) is 37.7. The Labute approximate surface area is 269 Å². The molecule has 0 fully saturated rings. The number of hydrogen-bond donors (Lipinski definition) is 0. The quantitative estimate of drug-likeness (QED) is 0.196. The zero-order valence-electron chi connectivity index (χ0n) is 26.8. The Morgan fingerprint density at radius 1 is 0.523 bits per heavy atom. The summed E-state index contributed by atoms with van der Waals surface area (Å²) in [6.45, 7) is 13.1. The third-order valence-electron chi connectivity index (χ3n) is 6.00. The van der Waals surface area contributed by atoms with Gasteiger partial charge in [0.25, 0.3) is 0 Å². The summed E-state index contributed by atoms with van der Waals surface area (Å²) in [4.78, 5) is 41.3. The van der Waals surface area contributed by atoms with Gasteiger partial charge in [-0.2, -0.15) is 0 Å². The maximum atomic E-state index is 10.3. The molecule has 240 valence electrons. The Balaban J connectivity index is 0.000000402. The molecule has 0 aliphatic carbocycles. The first-order valence-electron chi connectivity index (χ1n) is 13.3. The summed E-state index contributed by atoms with van der Waals surface area (Å²) in [5, 5.41) is 0. The maximum absolute atomic E-state index is 10.3. The van der Waals surface area contributed by atoms with Gasteiger partial charge in [0.1, 0.15) is 0 Å². The number of methoxy groups -OCH3 is 4. The Morgan fingerprint density at radius 3 is 0.955 bits per heavy atom. The first-order valence-corrected chi connectivity index (χ1v) is 14.4. The average molecular weight is 788 g/mol. The average Bonchev–Trinajstić information content (AvgIpc) is 3.33. The van der Waals surface area contributed by atoms with Crippen LogP contribution < -0.4 is 0 Å². The van der Waals surface area contributed by atoms with Crippen molar-refractivity contribution >= 4 is 23.9 Å². The molecule has 44 heavy (non-hydrogen) atoms. The summed E-state index contributed by atoms with van der Waals surface area (Å²) in [6.07, 6.45) is 8.31. The molecular weight excluding hydrogens is 747 g/mol. The van der Waals surface area contributed by atoms with Gasteiger partial charge in [-0.25, -0.2) is 19.2 Å². The van der Waals surface area contributed by atoms with Gasteiger partial charge in [0.2, 0.25) is 0 Å². The van der Waals surface area contributed by atoms with Gasteiger partial charge in [-0.05, 0) is 0 Å². The van der Waals surface area contributed by atoms with E-state index in [-0.39, 0.29) is 0 Å². The molecular formula is C33H40N2O8Pt. The molecule has 10 nitrogen and oxygen atoms in total. The number of esters is 4. The minimum absolute atomic E-state index is 0.578. The molecule has 0 radical (unpaired) electrons. The number of imidazole rings is 1. The number of aryl methyl sites for hydroxylation is 6. The SMILES string of the molecule is COC(=O)/C=C/C(=O)OC.COC(=O)/C=C/C(=O)OC.Cc1cc(C)c(-n2ccn(-c3c(C)cc(C)cc3C)[c]2=[Pt])c(C)c1. The molecule has 0 saturated heterocycles. The summed E-state index contributed by atoms with van der Waals surface area (Å²) in [5.41, 5.74) is 10.4. The molecule has 0 aliphatic rings. The number of carbonyl (C=O) groups is 4. The summed E-state index contributed by atoms with van der Waals surface area (Å²) < 4.78 is 22.6. The topological polar surface area (TPSA) is 115 Å². The summed E-state index contributed by atoms with van der Waals surface area (Å²) in [5.74, 6) is -2.31. The van der Waals surface area contributed by atoms with E-state index in [1.165, 1.54) is 77.0 Å². The molecule has 0 saturated carbocycles. The molecule has 0 bridgehead atoms. The van der Waals surface area contributed by atoms with E-state index in [0.717, 1.165) is 24.3 Å². The molecule has 0 amide bonds. The molecule has 3 aromatic rings. The molecule has 1 aromatic heterocycles. The van der Waals surface area contributed by atoms with Crippen LogP contribution in [0.4, 0.5) is 0 Å². The van der Waals surface area contributed by atoms with Gasteiger partial charge in [-0.3, -0.25) is 0 Å². The van der Waals surface area contributed by atoms with E-state index in [0.29, 0.717) is 0 Å². The molecule has 0 aliphatic heterocycles. The fourth-order valence-electron chi connectivity index (χ4n) is 4.33. The normalized spacial score (nSPS) is 10.4. The Morgan fingerprint density at radius 2 is 0.750 bits per heavy atom. The van der Waals surface area contributed by atoms with Crippen LogP contribution in [0.25, 0.3) is 11.4 Å². The molecule has 11 heteroatoms.